The first kappa shape index (κ1) is 31.7. The summed E-state index contributed by atoms with van der Waals surface area (Å²) in [5.74, 6) is 0.0673. The van der Waals surface area contributed by atoms with Crippen molar-refractivity contribution in [3.63, 3.8) is 0 Å². The average Bonchev–Trinajstić information content (AvgIpc) is 3.63. The molecule has 0 aliphatic rings. The summed E-state index contributed by atoms with van der Waals surface area (Å²) in [7, 11) is 0. The van der Waals surface area contributed by atoms with Crippen LogP contribution in [0.2, 0.25) is 0 Å². The lowest BCUT2D eigenvalue weighted by atomic mass is 9.82. The van der Waals surface area contributed by atoms with Gasteiger partial charge in [-0.15, -0.1) is 0 Å². The number of rotatable bonds is 7. The zero-order valence-corrected chi connectivity index (χ0v) is 29.7. The molecule has 0 saturated carbocycles. The Morgan fingerprint density at radius 3 is 1.39 bits per heavy atom. The van der Waals surface area contributed by atoms with Gasteiger partial charge in [-0.05, 0) is 102 Å². The second-order valence-electron chi connectivity index (χ2n) is 14.1. The largest absolute Gasteiger partial charge is 0.456 e. The van der Waals surface area contributed by atoms with Gasteiger partial charge in [0.2, 0.25) is 0 Å². The van der Waals surface area contributed by atoms with Crippen LogP contribution in [-0.4, -0.2) is 0 Å². The van der Waals surface area contributed by atoms with Crippen LogP contribution in [0.3, 0.4) is 0 Å². The number of fused-ring (bicyclic) bond motifs is 4. The highest BCUT2D eigenvalue weighted by atomic mass is 16.3. The Bertz CT molecular complexity index is 2910. The highest BCUT2D eigenvalue weighted by Gasteiger charge is 2.20. The maximum absolute atomic E-state index is 6.10. The second kappa shape index (κ2) is 13.5. The van der Waals surface area contributed by atoms with Gasteiger partial charge in [0.1, 0.15) is 11.2 Å². The van der Waals surface area contributed by atoms with E-state index in [-0.39, 0.29) is 5.92 Å². The molecular weight excluding hydrogens is 653 g/mol. The van der Waals surface area contributed by atoms with E-state index in [9.17, 15) is 0 Å². The van der Waals surface area contributed by atoms with E-state index in [1.807, 2.05) is 12.1 Å². The van der Waals surface area contributed by atoms with Gasteiger partial charge in [-0.1, -0.05) is 182 Å². The molecule has 1 heteroatoms. The van der Waals surface area contributed by atoms with Crippen molar-refractivity contribution >= 4 is 32.7 Å². The molecule has 9 aromatic carbocycles. The predicted molar refractivity (Wildman–Crippen MR) is 227 cm³/mol. The molecule has 1 atom stereocenters. The number of hydrogen-bond acceptors (Lipinski definition) is 1. The van der Waals surface area contributed by atoms with Crippen LogP contribution in [0.1, 0.15) is 22.6 Å². The van der Waals surface area contributed by atoms with Crippen molar-refractivity contribution in [1.29, 1.82) is 0 Å². The summed E-state index contributed by atoms with van der Waals surface area (Å²) in [6.07, 6.45) is 0. The Labute approximate surface area is 315 Å². The van der Waals surface area contributed by atoms with Gasteiger partial charge in [-0.2, -0.15) is 0 Å². The average molecular weight is 689 g/mol. The highest BCUT2D eigenvalue weighted by Crippen LogP contribution is 2.39. The molecule has 1 heterocycles. The van der Waals surface area contributed by atoms with Crippen molar-refractivity contribution in [2.75, 3.05) is 0 Å². The second-order valence-corrected chi connectivity index (χ2v) is 14.1. The zero-order chi connectivity index (χ0) is 35.8. The van der Waals surface area contributed by atoms with Crippen molar-refractivity contribution in [2.45, 2.75) is 5.92 Å². The van der Waals surface area contributed by atoms with Crippen LogP contribution in [0.5, 0.6) is 0 Å². The third-order valence-electron chi connectivity index (χ3n) is 10.8. The minimum atomic E-state index is 0.0673. The molecule has 0 saturated heterocycles. The van der Waals surface area contributed by atoms with Gasteiger partial charge in [-0.25, -0.2) is 0 Å². The van der Waals surface area contributed by atoms with Crippen molar-refractivity contribution in [1.82, 2.24) is 0 Å². The topological polar surface area (TPSA) is 13.1 Å². The van der Waals surface area contributed by atoms with Gasteiger partial charge in [0.25, 0.3) is 0 Å². The molecule has 0 N–H and O–H groups in total. The molecule has 54 heavy (non-hydrogen) atoms. The molecule has 0 spiro atoms. The SMILES string of the molecule is c1ccc(-c2cccc(-c3ccc(C(c4ccc(-c5cccc(-c6ccc7oc8ccccc8c7c6)c5)cc4)c4cccc5ccccc45)cc3)c2)cc1. The minimum absolute atomic E-state index is 0.0673. The van der Waals surface area contributed by atoms with Crippen LogP contribution in [0.15, 0.2) is 217 Å². The first-order chi connectivity index (χ1) is 26.7. The first-order valence-electron chi connectivity index (χ1n) is 18.6. The molecule has 1 unspecified atom stereocenters. The number of benzene rings is 9. The highest BCUT2D eigenvalue weighted by molar-refractivity contribution is 6.06. The molecule has 0 aliphatic heterocycles. The van der Waals surface area contributed by atoms with E-state index in [4.69, 9.17) is 4.42 Å². The molecule has 10 aromatic rings. The van der Waals surface area contributed by atoms with E-state index in [1.54, 1.807) is 0 Å². The van der Waals surface area contributed by atoms with Crippen LogP contribution in [-0.2, 0) is 0 Å². The van der Waals surface area contributed by atoms with Crippen LogP contribution in [0.4, 0.5) is 0 Å². The standard InChI is InChI=1S/C53H36O/c1-2-11-36(12-3-1)42-15-8-16-43(33-42)37-23-27-40(28-24-37)53(49-21-10-14-39-13-4-5-19-47(39)49)41-29-25-38(26-30-41)44-17-9-18-45(34-44)46-31-32-52-50(35-46)48-20-6-7-22-51(48)54-52/h1-35,53H. The van der Waals surface area contributed by atoms with Crippen molar-refractivity contribution in [2.24, 2.45) is 0 Å². The van der Waals surface area contributed by atoms with E-state index >= 15 is 0 Å². The van der Waals surface area contributed by atoms with Gasteiger partial charge >= 0.3 is 0 Å². The number of furan rings is 1. The lowest BCUT2D eigenvalue weighted by Gasteiger charge is -2.22. The predicted octanol–water partition coefficient (Wildman–Crippen LogP) is 14.6. The van der Waals surface area contributed by atoms with E-state index in [2.05, 4.69) is 200 Å². The Hall–Kier alpha value is -6.96. The normalized spacial score (nSPS) is 12.0. The fourth-order valence-corrected chi connectivity index (χ4v) is 8.08. The monoisotopic (exact) mass is 688 g/mol. The Balaban J connectivity index is 1.01. The van der Waals surface area contributed by atoms with E-state index in [1.165, 1.54) is 72.0 Å². The quantitative estimate of drug-likeness (QED) is 0.152. The van der Waals surface area contributed by atoms with Crippen LogP contribution in [0.25, 0.3) is 77.2 Å². The fourth-order valence-electron chi connectivity index (χ4n) is 8.08. The molecule has 1 nitrogen and oxygen atoms in total. The third kappa shape index (κ3) is 5.87. The van der Waals surface area contributed by atoms with Crippen molar-refractivity contribution in [3.8, 4) is 44.5 Å². The van der Waals surface area contributed by atoms with Gasteiger partial charge < -0.3 is 4.42 Å². The molecule has 0 radical (unpaired) electrons. The molecular formula is C53H36O. The maximum Gasteiger partial charge on any atom is 0.135 e. The van der Waals surface area contributed by atoms with Crippen molar-refractivity contribution < 1.29 is 4.42 Å². The Morgan fingerprint density at radius 2 is 0.722 bits per heavy atom. The van der Waals surface area contributed by atoms with Crippen LogP contribution >= 0.6 is 0 Å². The number of hydrogen-bond donors (Lipinski definition) is 0. The lowest BCUT2D eigenvalue weighted by Crippen LogP contribution is -2.04. The summed E-state index contributed by atoms with van der Waals surface area (Å²) in [6, 6.07) is 76.9. The third-order valence-corrected chi connectivity index (χ3v) is 10.8. The number of para-hydroxylation sites is 1. The maximum atomic E-state index is 6.10. The summed E-state index contributed by atoms with van der Waals surface area (Å²) in [5.41, 5.74) is 15.3. The summed E-state index contributed by atoms with van der Waals surface area (Å²) in [5, 5.41) is 4.83. The molecule has 0 bridgehead atoms. The Kier molecular flexibility index (Phi) is 7.96. The first-order valence-corrected chi connectivity index (χ1v) is 18.6. The van der Waals surface area contributed by atoms with E-state index < -0.39 is 0 Å². The van der Waals surface area contributed by atoms with Gasteiger partial charge in [0, 0.05) is 16.7 Å². The fraction of sp³-hybridized carbons (Fsp3) is 0.0189. The van der Waals surface area contributed by atoms with Crippen LogP contribution in [0, 0.1) is 0 Å². The molecule has 0 amide bonds. The van der Waals surface area contributed by atoms with Gasteiger partial charge in [0.15, 0.2) is 0 Å². The van der Waals surface area contributed by atoms with Crippen molar-refractivity contribution in [3.05, 3.63) is 229 Å². The summed E-state index contributed by atoms with van der Waals surface area (Å²) in [4.78, 5) is 0. The molecule has 254 valence electrons. The summed E-state index contributed by atoms with van der Waals surface area (Å²) in [6.45, 7) is 0. The van der Waals surface area contributed by atoms with Crippen LogP contribution < -0.4 is 0 Å². The smallest absolute Gasteiger partial charge is 0.135 e. The Morgan fingerprint density at radius 1 is 0.278 bits per heavy atom. The van der Waals surface area contributed by atoms with Gasteiger partial charge in [0.05, 0.1) is 0 Å². The lowest BCUT2D eigenvalue weighted by molar-refractivity contribution is 0.669. The van der Waals surface area contributed by atoms with E-state index in [0.717, 1.165) is 21.9 Å². The molecule has 10 rings (SSSR count). The summed E-state index contributed by atoms with van der Waals surface area (Å²) >= 11 is 0. The molecule has 1 aromatic heterocycles. The molecule has 0 aliphatic carbocycles. The molecule has 0 fully saturated rings. The van der Waals surface area contributed by atoms with E-state index in [0.29, 0.717) is 0 Å². The van der Waals surface area contributed by atoms with Gasteiger partial charge in [-0.3, -0.25) is 0 Å². The summed E-state index contributed by atoms with van der Waals surface area (Å²) < 4.78 is 6.10. The zero-order valence-electron chi connectivity index (χ0n) is 29.7. The minimum Gasteiger partial charge on any atom is -0.456 e.